The molecule has 2 heterocycles. The molecule has 2 aromatic carbocycles. The van der Waals surface area contributed by atoms with Gasteiger partial charge in [-0.15, -0.1) is 20.4 Å². The zero-order valence-electron chi connectivity index (χ0n) is 19.1. The van der Waals surface area contributed by atoms with Gasteiger partial charge in [-0.3, -0.25) is 20.2 Å². The Kier molecular flexibility index (Phi) is 7.60. The average molecular weight is 590 g/mol. The first-order valence-corrected chi connectivity index (χ1v) is 12.2. The summed E-state index contributed by atoms with van der Waals surface area (Å²) < 4.78 is 84.1. The quantitative estimate of drug-likeness (QED) is 0.0854. The molecule has 0 atom stereocenters. The monoisotopic (exact) mass is 590 g/mol. The standard InChI is InChI=1S/C21H12F6N6O4S2/c1-9-4-10(2-3-14(9)33(35)36)17-30-29-15(37-17)8-38-19-32-31-18(39-19)28-16(34)11-5-12(20(22,23)24)7-13(6-11)21(25,26)27/h2-7H,8H2,1H3,(H,28,31,34). The number of anilines is 1. The Bertz CT molecular complexity index is 1520. The third kappa shape index (κ3) is 6.69. The molecule has 4 aromatic rings. The molecule has 0 radical (unpaired) electrons. The fourth-order valence-electron chi connectivity index (χ4n) is 3.12. The number of nitrogens with one attached hydrogen (secondary N) is 1. The van der Waals surface area contributed by atoms with Gasteiger partial charge in [0.15, 0.2) is 4.34 Å². The summed E-state index contributed by atoms with van der Waals surface area (Å²) in [6.45, 7) is 1.56. The van der Waals surface area contributed by atoms with Crippen molar-refractivity contribution in [3.63, 3.8) is 0 Å². The highest BCUT2D eigenvalue weighted by Gasteiger charge is 2.37. The highest BCUT2D eigenvalue weighted by Crippen LogP contribution is 2.37. The van der Waals surface area contributed by atoms with E-state index in [9.17, 15) is 41.3 Å². The number of carbonyl (C=O) groups is 1. The van der Waals surface area contributed by atoms with Crippen molar-refractivity contribution in [2.75, 3.05) is 5.32 Å². The van der Waals surface area contributed by atoms with Crippen LogP contribution in [0.1, 0.15) is 32.9 Å². The summed E-state index contributed by atoms with van der Waals surface area (Å²) in [5.41, 5.74) is -3.32. The molecule has 4 rings (SSSR count). The Morgan fingerprint density at radius 1 is 1.03 bits per heavy atom. The summed E-state index contributed by atoms with van der Waals surface area (Å²) >= 11 is 1.87. The van der Waals surface area contributed by atoms with Gasteiger partial charge in [-0.1, -0.05) is 23.1 Å². The number of hydrogen-bond acceptors (Lipinski definition) is 10. The number of rotatable bonds is 7. The number of halogens is 6. The highest BCUT2D eigenvalue weighted by molar-refractivity contribution is 8.00. The van der Waals surface area contributed by atoms with E-state index in [2.05, 4.69) is 25.7 Å². The van der Waals surface area contributed by atoms with E-state index in [-0.39, 0.29) is 38.8 Å². The van der Waals surface area contributed by atoms with Gasteiger partial charge in [0.25, 0.3) is 11.6 Å². The molecule has 0 aliphatic carbocycles. The van der Waals surface area contributed by atoms with E-state index in [1.807, 2.05) is 0 Å². The minimum atomic E-state index is -5.10. The van der Waals surface area contributed by atoms with Crippen molar-refractivity contribution < 1.29 is 40.5 Å². The predicted octanol–water partition coefficient (Wildman–Crippen LogP) is 6.39. The number of thioether (sulfide) groups is 1. The van der Waals surface area contributed by atoms with Gasteiger partial charge in [0, 0.05) is 22.8 Å². The van der Waals surface area contributed by atoms with Crippen molar-refractivity contribution in [1.82, 2.24) is 20.4 Å². The number of nitro groups is 1. The van der Waals surface area contributed by atoms with Crippen LogP contribution in [0.25, 0.3) is 11.5 Å². The van der Waals surface area contributed by atoms with Crippen LogP contribution >= 0.6 is 23.1 Å². The van der Waals surface area contributed by atoms with Gasteiger partial charge in [-0.25, -0.2) is 0 Å². The zero-order valence-corrected chi connectivity index (χ0v) is 20.8. The van der Waals surface area contributed by atoms with Crippen LogP contribution in [-0.4, -0.2) is 31.2 Å². The van der Waals surface area contributed by atoms with E-state index in [1.165, 1.54) is 18.2 Å². The van der Waals surface area contributed by atoms with Gasteiger partial charge < -0.3 is 4.42 Å². The first kappa shape index (κ1) is 28.0. The summed E-state index contributed by atoms with van der Waals surface area (Å²) in [6, 6.07) is 4.81. The smallest absolute Gasteiger partial charge is 0.416 e. The van der Waals surface area contributed by atoms with Crippen LogP contribution in [0, 0.1) is 17.0 Å². The fraction of sp³-hybridized carbons (Fsp3) is 0.190. The fourth-order valence-corrected chi connectivity index (χ4v) is 4.70. The van der Waals surface area contributed by atoms with Gasteiger partial charge in [-0.05, 0) is 37.3 Å². The molecule has 0 aliphatic rings. The van der Waals surface area contributed by atoms with E-state index in [0.717, 1.165) is 23.1 Å². The maximum absolute atomic E-state index is 13.1. The maximum Gasteiger partial charge on any atom is 0.416 e. The number of amides is 1. The normalized spacial score (nSPS) is 12.0. The number of hydrogen-bond donors (Lipinski definition) is 1. The number of carbonyl (C=O) groups excluding carboxylic acids is 1. The minimum Gasteiger partial charge on any atom is -0.420 e. The van der Waals surface area contributed by atoms with Crippen molar-refractivity contribution in [1.29, 1.82) is 0 Å². The second-order valence-corrected chi connectivity index (χ2v) is 9.87. The number of nitro benzene ring substituents is 1. The van der Waals surface area contributed by atoms with Crippen molar-refractivity contribution in [2.24, 2.45) is 0 Å². The molecule has 0 fully saturated rings. The molecule has 10 nitrogen and oxygen atoms in total. The summed E-state index contributed by atoms with van der Waals surface area (Å²) in [4.78, 5) is 22.8. The topological polar surface area (TPSA) is 137 Å². The van der Waals surface area contributed by atoms with Crippen LogP contribution in [-0.2, 0) is 18.1 Å². The molecule has 18 heteroatoms. The third-order valence-electron chi connectivity index (χ3n) is 4.90. The molecular weight excluding hydrogens is 578 g/mol. The Balaban J connectivity index is 1.42. The van der Waals surface area contributed by atoms with Crippen molar-refractivity contribution in [2.45, 2.75) is 29.4 Å². The molecule has 1 N–H and O–H groups in total. The van der Waals surface area contributed by atoms with E-state index < -0.39 is 39.9 Å². The molecule has 0 aliphatic heterocycles. The Hall–Kier alpha value is -4.06. The van der Waals surface area contributed by atoms with E-state index in [0.29, 0.717) is 23.3 Å². The summed E-state index contributed by atoms with van der Waals surface area (Å²) in [6.07, 6.45) is -10.2. The highest BCUT2D eigenvalue weighted by atomic mass is 32.2. The molecular formula is C21H12F6N6O4S2. The van der Waals surface area contributed by atoms with Gasteiger partial charge in [0.1, 0.15) is 0 Å². The molecule has 1 amide bonds. The summed E-state index contributed by atoms with van der Waals surface area (Å²) in [7, 11) is 0. The van der Waals surface area contributed by atoms with E-state index >= 15 is 0 Å². The number of aryl methyl sites for hydroxylation is 1. The lowest BCUT2D eigenvalue weighted by Gasteiger charge is -2.13. The molecule has 0 bridgehead atoms. The SMILES string of the molecule is Cc1cc(-c2nnc(CSc3nnc(NC(=O)c4cc(C(F)(F)F)cc(C(F)(F)F)c4)s3)o2)ccc1[N+](=O)[O-]. The molecule has 0 saturated carbocycles. The second kappa shape index (κ2) is 10.6. The molecule has 0 spiro atoms. The Morgan fingerprint density at radius 2 is 1.69 bits per heavy atom. The van der Waals surface area contributed by atoms with Gasteiger partial charge in [0.05, 0.1) is 21.8 Å². The van der Waals surface area contributed by atoms with Crippen LogP contribution in [0.4, 0.5) is 37.2 Å². The number of alkyl halides is 6. The Labute approximate surface area is 221 Å². The minimum absolute atomic E-state index is 0.0675. The lowest BCUT2D eigenvalue weighted by Crippen LogP contribution is -2.17. The van der Waals surface area contributed by atoms with Crippen molar-refractivity contribution in [3.8, 4) is 11.5 Å². The number of aromatic nitrogens is 4. The summed E-state index contributed by atoms with van der Waals surface area (Å²) in [5.74, 6) is -0.854. The molecule has 0 saturated heterocycles. The lowest BCUT2D eigenvalue weighted by atomic mass is 10.0. The Morgan fingerprint density at radius 3 is 2.28 bits per heavy atom. The first-order chi connectivity index (χ1) is 18.2. The van der Waals surface area contributed by atoms with Crippen LogP contribution in [0.3, 0.4) is 0 Å². The molecule has 39 heavy (non-hydrogen) atoms. The number of nitrogens with zero attached hydrogens (tertiary/aromatic N) is 5. The van der Waals surface area contributed by atoms with Gasteiger partial charge >= 0.3 is 12.4 Å². The second-order valence-electron chi connectivity index (χ2n) is 7.67. The van der Waals surface area contributed by atoms with Gasteiger partial charge in [0.2, 0.25) is 16.9 Å². The van der Waals surface area contributed by atoms with E-state index in [4.69, 9.17) is 4.42 Å². The molecule has 2 aromatic heterocycles. The van der Waals surface area contributed by atoms with Crippen LogP contribution in [0.2, 0.25) is 0 Å². The summed E-state index contributed by atoms with van der Waals surface area (Å²) in [5, 5.41) is 28.2. The van der Waals surface area contributed by atoms with Gasteiger partial charge in [-0.2, -0.15) is 26.3 Å². The third-order valence-corrected chi connectivity index (χ3v) is 6.86. The maximum atomic E-state index is 13.1. The van der Waals surface area contributed by atoms with Crippen molar-refractivity contribution in [3.05, 3.63) is 74.7 Å². The predicted molar refractivity (Wildman–Crippen MR) is 125 cm³/mol. The van der Waals surface area contributed by atoms with Crippen LogP contribution < -0.4 is 5.32 Å². The molecule has 0 unspecified atom stereocenters. The largest absolute Gasteiger partial charge is 0.420 e. The zero-order chi connectivity index (χ0) is 28.5. The lowest BCUT2D eigenvalue weighted by molar-refractivity contribution is -0.385. The van der Waals surface area contributed by atoms with Crippen LogP contribution in [0.15, 0.2) is 45.2 Å². The van der Waals surface area contributed by atoms with E-state index in [1.54, 1.807) is 6.92 Å². The number of benzene rings is 2. The van der Waals surface area contributed by atoms with Crippen molar-refractivity contribution >= 4 is 39.8 Å². The first-order valence-electron chi connectivity index (χ1n) is 10.4. The molecule has 204 valence electrons. The van der Waals surface area contributed by atoms with Crippen LogP contribution in [0.5, 0.6) is 0 Å². The average Bonchev–Trinajstić information content (AvgIpc) is 3.50.